The van der Waals surface area contributed by atoms with E-state index < -0.39 is 0 Å². The molecule has 1 aromatic carbocycles. The van der Waals surface area contributed by atoms with Crippen molar-refractivity contribution in [1.82, 2.24) is 4.98 Å². The van der Waals surface area contributed by atoms with Gasteiger partial charge in [-0.25, -0.2) is 4.98 Å². The van der Waals surface area contributed by atoms with Crippen LogP contribution < -0.4 is 10.6 Å². The highest BCUT2D eigenvalue weighted by molar-refractivity contribution is 7.16. The molecule has 0 radical (unpaired) electrons. The topological polar surface area (TPSA) is 63.2 Å². The summed E-state index contributed by atoms with van der Waals surface area (Å²) < 4.78 is 5.03. The third-order valence-electron chi connectivity index (χ3n) is 3.30. The summed E-state index contributed by atoms with van der Waals surface area (Å²) in [6, 6.07) is 7.81. The highest BCUT2D eigenvalue weighted by Gasteiger charge is 2.10. The van der Waals surface area contributed by atoms with E-state index in [0.717, 1.165) is 39.9 Å². The van der Waals surface area contributed by atoms with Crippen molar-refractivity contribution in [3.63, 3.8) is 0 Å². The maximum atomic E-state index is 11.6. The number of carbonyl (C=O) groups is 1. The lowest BCUT2D eigenvalue weighted by atomic mass is 10.1. The molecule has 1 heterocycles. The van der Waals surface area contributed by atoms with Gasteiger partial charge in [0, 0.05) is 36.2 Å². The molecule has 0 fully saturated rings. The van der Waals surface area contributed by atoms with Gasteiger partial charge >= 0.3 is 0 Å². The molecule has 0 aliphatic rings. The van der Waals surface area contributed by atoms with Crippen LogP contribution >= 0.6 is 11.3 Å². The number of amides is 1. The summed E-state index contributed by atoms with van der Waals surface area (Å²) in [6.45, 7) is 5.45. The Hall–Kier alpha value is -1.92. The lowest BCUT2D eigenvalue weighted by Crippen LogP contribution is -2.10. The van der Waals surface area contributed by atoms with E-state index in [1.807, 2.05) is 31.2 Å². The number of aromatic nitrogens is 1. The van der Waals surface area contributed by atoms with Crippen molar-refractivity contribution in [2.24, 2.45) is 0 Å². The van der Waals surface area contributed by atoms with Crippen LogP contribution in [0.25, 0.3) is 11.3 Å². The SMILES string of the molecule is CCCC(=O)Nc1ccc(-c2nc(NCCOC)sc2C)cc1. The molecule has 0 spiro atoms. The maximum absolute atomic E-state index is 11.6. The molecule has 0 bridgehead atoms. The molecule has 0 aliphatic carbocycles. The summed E-state index contributed by atoms with van der Waals surface area (Å²) in [6.07, 6.45) is 1.39. The Bertz CT molecular complexity index is 638. The molecule has 5 nitrogen and oxygen atoms in total. The lowest BCUT2D eigenvalue weighted by molar-refractivity contribution is -0.116. The fourth-order valence-electron chi connectivity index (χ4n) is 2.16. The van der Waals surface area contributed by atoms with Crippen molar-refractivity contribution in [2.45, 2.75) is 26.7 Å². The lowest BCUT2D eigenvalue weighted by Gasteiger charge is -2.05. The monoisotopic (exact) mass is 333 g/mol. The first-order valence-corrected chi connectivity index (χ1v) is 8.56. The Balaban J connectivity index is 2.05. The second kappa shape index (κ2) is 8.64. The summed E-state index contributed by atoms with van der Waals surface area (Å²) in [4.78, 5) is 17.4. The molecular weight excluding hydrogens is 310 g/mol. The standard InChI is InChI=1S/C17H23N3O2S/c1-4-5-15(21)19-14-8-6-13(7-9-14)16-12(2)23-17(20-16)18-10-11-22-3/h6-9H,4-5,10-11H2,1-3H3,(H,18,20)(H,19,21). The number of benzene rings is 1. The fourth-order valence-corrected chi connectivity index (χ4v) is 3.02. The Morgan fingerprint density at radius 2 is 2.04 bits per heavy atom. The highest BCUT2D eigenvalue weighted by Crippen LogP contribution is 2.30. The number of anilines is 2. The van der Waals surface area contributed by atoms with E-state index in [1.165, 1.54) is 0 Å². The van der Waals surface area contributed by atoms with E-state index in [4.69, 9.17) is 4.74 Å². The molecule has 6 heteroatoms. The number of nitrogens with one attached hydrogen (secondary N) is 2. The Morgan fingerprint density at radius 1 is 1.30 bits per heavy atom. The Labute approximate surface area is 141 Å². The van der Waals surface area contributed by atoms with Gasteiger partial charge in [0.25, 0.3) is 0 Å². The van der Waals surface area contributed by atoms with E-state index >= 15 is 0 Å². The van der Waals surface area contributed by atoms with E-state index in [9.17, 15) is 4.79 Å². The molecule has 0 saturated carbocycles. The first kappa shape index (κ1) is 17.4. The quantitative estimate of drug-likeness (QED) is 0.719. The largest absolute Gasteiger partial charge is 0.383 e. The molecule has 0 aliphatic heterocycles. The van der Waals surface area contributed by atoms with Crippen molar-refractivity contribution in [3.8, 4) is 11.3 Å². The number of thiazole rings is 1. The van der Waals surface area contributed by atoms with Gasteiger partial charge in [-0.05, 0) is 25.5 Å². The number of carbonyl (C=O) groups excluding carboxylic acids is 1. The predicted octanol–water partition coefficient (Wildman–Crippen LogP) is 3.92. The van der Waals surface area contributed by atoms with Crippen molar-refractivity contribution >= 4 is 28.1 Å². The average molecular weight is 333 g/mol. The summed E-state index contributed by atoms with van der Waals surface area (Å²) in [5.41, 5.74) is 2.84. The molecule has 0 saturated heterocycles. The van der Waals surface area contributed by atoms with Crippen molar-refractivity contribution in [3.05, 3.63) is 29.1 Å². The zero-order valence-electron chi connectivity index (χ0n) is 13.8. The summed E-state index contributed by atoms with van der Waals surface area (Å²) in [5, 5.41) is 7.04. The van der Waals surface area contributed by atoms with E-state index in [-0.39, 0.29) is 5.91 Å². The Kier molecular flexibility index (Phi) is 6.55. The first-order valence-electron chi connectivity index (χ1n) is 7.74. The second-order valence-corrected chi connectivity index (χ2v) is 6.42. The van der Waals surface area contributed by atoms with Crippen molar-refractivity contribution < 1.29 is 9.53 Å². The summed E-state index contributed by atoms with van der Waals surface area (Å²) in [5.74, 6) is 0.0507. The predicted molar refractivity (Wildman–Crippen MR) is 96.2 cm³/mol. The van der Waals surface area contributed by atoms with Gasteiger partial charge in [-0.1, -0.05) is 19.1 Å². The number of hydrogen-bond donors (Lipinski definition) is 2. The van der Waals surface area contributed by atoms with Crippen molar-refractivity contribution in [1.29, 1.82) is 0 Å². The zero-order chi connectivity index (χ0) is 16.7. The van der Waals surface area contributed by atoms with Crippen LogP contribution in [0.3, 0.4) is 0 Å². The first-order chi connectivity index (χ1) is 11.1. The zero-order valence-corrected chi connectivity index (χ0v) is 14.6. The minimum absolute atomic E-state index is 0.0507. The highest BCUT2D eigenvalue weighted by atomic mass is 32.1. The molecule has 1 amide bonds. The van der Waals surface area contributed by atoms with E-state index in [2.05, 4.69) is 22.5 Å². The normalized spacial score (nSPS) is 10.6. The number of aryl methyl sites for hydroxylation is 1. The number of hydrogen-bond acceptors (Lipinski definition) is 5. The van der Waals surface area contributed by atoms with Gasteiger partial charge < -0.3 is 15.4 Å². The van der Waals surface area contributed by atoms with Crippen LogP contribution in [-0.4, -0.2) is 31.2 Å². The van der Waals surface area contributed by atoms with Gasteiger partial charge in [0.15, 0.2) is 5.13 Å². The molecule has 0 unspecified atom stereocenters. The molecule has 0 atom stereocenters. The van der Waals surface area contributed by atoms with E-state index in [0.29, 0.717) is 13.0 Å². The number of rotatable bonds is 8. The smallest absolute Gasteiger partial charge is 0.224 e. The molecule has 1 aromatic heterocycles. The third-order valence-corrected chi connectivity index (χ3v) is 4.23. The molecule has 2 aromatic rings. The molecular formula is C17H23N3O2S. The van der Waals surface area contributed by atoms with Gasteiger partial charge in [-0.3, -0.25) is 4.79 Å². The van der Waals surface area contributed by atoms with Crippen LogP contribution in [0.5, 0.6) is 0 Å². The van der Waals surface area contributed by atoms with Gasteiger partial charge in [0.1, 0.15) is 0 Å². The third kappa shape index (κ3) is 5.04. The van der Waals surface area contributed by atoms with Crippen LogP contribution in [0, 0.1) is 6.92 Å². The minimum Gasteiger partial charge on any atom is -0.383 e. The van der Waals surface area contributed by atoms with Gasteiger partial charge in [0.2, 0.25) is 5.91 Å². The summed E-state index contributed by atoms with van der Waals surface area (Å²) in [7, 11) is 1.68. The van der Waals surface area contributed by atoms with Gasteiger partial charge in [-0.2, -0.15) is 0 Å². The van der Waals surface area contributed by atoms with Crippen molar-refractivity contribution in [2.75, 3.05) is 30.9 Å². The van der Waals surface area contributed by atoms with Gasteiger partial charge in [-0.15, -0.1) is 11.3 Å². The maximum Gasteiger partial charge on any atom is 0.224 e. The molecule has 2 rings (SSSR count). The molecule has 2 N–H and O–H groups in total. The van der Waals surface area contributed by atoms with Gasteiger partial charge in [0.05, 0.1) is 12.3 Å². The van der Waals surface area contributed by atoms with Crippen LogP contribution in [0.4, 0.5) is 10.8 Å². The minimum atomic E-state index is 0.0507. The second-order valence-electron chi connectivity index (χ2n) is 5.22. The number of nitrogens with zero attached hydrogens (tertiary/aromatic N) is 1. The summed E-state index contributed by atoms with van der Waals surface area (Å²) >= 11 is 1.63. The van der Waals surface area contributed by atoms with Crippen LogP contribution in [0.1, 0.15) is 24.6 Å². The molecule has 124 valence electrons. The van der Waals surface area contributed by atoms with Crippen LogP contribution in [-0.2, 0) is 9.53 Å². The average Bonchev–Trinajstić information content (AvgIpc) is 2.89. The fraction of sp³-hybridized carbons (Fsp3) is 0.412. The Morgan fingerprint density at radius 3 is 2.70 bits per heavy atom. The number of methoxy groups -OCH3 is 1. The van der Waals surface area contributed by atoms with Crippen LogP contribution in [0.2, 0.25) is 0 Å². The van der Waals surface area contributed by atoms with Crippen LogP contribution in [0.15, 0.2) is 24.3 Å². The number of ether oxygens (including phenoxy) is 1. The molecule has 23 heavy (non-hydrogen) atoms. The van der Waals surface area contributed by atoms with E-state index in [1.54, 1.807) is 18.4 Å².